The maximum absolute atomic E-state index is 9.99. The molecule has 0 aromatic rings. The number of hydrogen-bond acceptors (Lipinski definition) is 5. The summed E-state index contributed by atoms with van der Waals surface area (Å²) >= 11 is 0. The van der Waals surface area contributed by atoms with Gasteiger partial charge in [-0.05, 0) is 25.7 Å². The lowest BCUT2D eigenvalue weighted by Gasteiger charge is -2.40. The van der Waals surface area contributed by atoms with E-state index in [1.165, 1.54) is 0 Å². The van der Waals surface area contributed by atoms with Gasteiger partial charge in [-0.2, -0.15) is 0 Å². The van der Waals surface area contributed by atoms with E-state index < -0.39 is 37.1 Å². The summed E-state index contributed by atoms with van der Waals surface area (Å²) in [5.74, 6) is 0. The van der Waals surface area contributed by atoms with Crippen molar-refractivity contribution in [2.45, 2.75) is 52.9 Å². The van der Waals surface area contributed by atoms with Crippen LogP contribution in [0.3, 0.4) is 0 Å². The van der Waals surface area contributed by atoms with E-state index in [2.05, 4.69) is 20.8 Å². The standard InChI is InChI=1S/C13H28O5/c1-11(2,3)6-12(4,5)18-10(17)13(7-14,8-15)9-16/h10,14-17H,6-9H2,1-5H3. The molecule has 4 N–H and O–H groups in total. The summed E-state index contributed by atoms with van der Waals surface area (Å²) in [4.78, 5) is 0. The van der Waals surface area contributed by atoms with Gasteiger partial charge in [-0.25, -0.2) is 0 Å². The van der Waals surface area contributed by atoms with Crippen molar-refractivity contribution in [2.24, 2.45) is 10.8 Å². The summed E-state index contributed by atoms with van der Waals surface area (Å²) < 4.78 is 5.53. The Labute approximate surface area is 109 Å². The average molecular weight is 264 g/mol. The molecule has 0 saturated heterocycles. The Bertz CT molecular complexity index is 232. The molecule has 1 atom stereocenters. The number of rotatable bonds is 7. The van der Waals surface area contributed by atoms with Gasteiger partial charge in [-0.3, -0.25) is 0 Å². The van der Waals surface area contributed by atoms with Gasteiger partial charge >= 0.3 is 0 Å². The molecule has 18 heavy (non-hydrogen) atoms. The SMILES string of the molecule is CC(C)(C)CC(C)(C)OC(O)C(CO)(CO)CO. The Hall–Kier alpha value is -0.200. The third-order valence-electron chi connectivity index (χ3n) is 2.86. The lowest BCUT2D eigenvalue weighted by atomic mass is 9.83. The van der Waals surface area contributed by atoms with Crippen molar-refractivity contribution >= 4 is 0 Å². The molecule has 5 heteroatoms. The van der Waals surface area contributed by atoms with E-state index in [9.17, 15) is 20.4 Å². The molecule has 0 aromatic heterocycles. The van der Waals surface area contributed by atoms with E-state index in [4.69, 9.17) is 4.74 Å². The molecular formula is C13H28O5. The van der Waals surface area contributed by atoms with Crippen LogP contribution in [0.2, 0.25) is 0 Å². The minimum absolute atomic E-state index is 0.0174. The van der Waals surface area contributed by atoms with E-state index in [0.29, 0.717) is 6.42 Å². The predicted octanol–water partition coefficient (Wildman–Crippen LogP) is 0.499. The highest BCUT2D eigenvalue weighted by molar-refractivity contribution is 4.84. The molecule has 0 radical (unpaired) electrons. The molecule has 0 aliphatic rings. The van der Waals surface area contributed by atoms with Crippen molar-refractivity contribution in [3.63, 3.8) is 0 Å². The van der Waals surface area contributed by atoms with Gasteiger partial charge in [0, 0.05) is 0 Å². The smallest absolute Gasteiger partial charge is 0.167 e. The lowest BCUT2D eigenvalue weighted by molar-refractivity contribution is -0.257. The second kappa shape index (κ2) is 6.30. The van der Waals surface area contributed by atoms with Crippen LogP contribution >= 0.6 is 0 Å². The quantitative estimate of drug-likeness (QED) is 0.503. The van der Waals surface area contributed by atoms with Crippen molar-refractivity contribution in [3.8, 4) is 0 Å². The number of hydrogen-bond donors (Lipinski definition) is 4. The van der Waals surface area contributed by atoms with Gasteiger partial charge in [0.1, 0.15) is 0 Å². The van der Waals surface area contributed by atoms with Crippen LogP contribution in [0.25, 0.3) is 0 Å². The summed E-state index contributed by atoms with van der Waals surface area (Å²) in [7, 11) is 0. The molecule has 0 rings (SSSR count). The van der Waals surface area contributed by atoms with Crippen LogP contribution in [-0.2, 0) is 4.74 Å². The minimum Gasteiger partial charge on any atom is -0.395 e. The van der Waals surface area contributed by atoms with Gasteiger partial charge in [0.05, 0.1) is 30.8 Å². The molecule has 0 heterocycles. The Kier molecular flexibility index (Phi) is 6.23. The fourth-order valence-corrected chi connectivity index (χ4v) is 2.13. The molecule has 0 aliphatic carbocycles. The summed E-state index contributed by atoms with van der Waals surface area (Å²) in [6.07, 6.45) is -0.732. The van der Waals surface area contributed by atoms with Crippen molar-refractivity contribution in [1.29, 1.82) is 0 Å². The van der Waals surface area contributed by atoms with E-state index >= 15 is 0 Å². The predicted molar refractivity (Wildman–Crippen MR) is 68.9 cm³/mol. The molecule has 5 nitrogen and oxygen atoms in total. The van der Waals surface area contributed by atoms with Crippen molar-refractivity contribution in [2.75, 3.05) is 19.8 Å². The van der Waals surface area contributed by atoms with Crippen molar-refractivity contribution < 1.29 is 25.2 Å². The van der Waals surface area contributed by atoms with Gasteiger partial charge in [0.15, 0.2) is 6.29 Å². The van der Waals surface area contributed by atoms with Crippen LogP contribution in [0, 0.1) is 10.8 Å². The Morgan fingerprint density at radius 3 is 1.56 bits per heavy atom. The number of aliphatic hydroxyl groups excluding tert-OH is 4. The number of aliphatic hydroxyl groups is 4. The first kappa shape index (κ1) is 17.8. The molecule has 1 unspecified atom stereocenters. The topological polar surface area (TPSA) is 90.2 Å². The van der Waals surface area contributed by atoms with Crippen LogP contribution in [-0.4, -0.2) is 52.1 Å². The van der Waals surface area contributed by atoms with Crippen LogP contribution in [0.5, 0.6) is 0 Å². The van der Waals surface area contributed by atoms with Crippen molar-refractivity contribution in [1.82, 2.24) is 0 Å². The van der Waals surface area contributed by atoms with Gasteiger partial charge in [0.25, 0.3) is 0 Å². The first-order chi connectivity index (χ1) is 8.02. The Morgan fingerprint density at radius 1 is 0.889 bits per heavy atom. The molecule has 0 saturated carbocycles. The molecule has 0 fully saturated rings. The first-order valence-corrected chi connectivity index (χ1v) is 6.20. The highest BCUT2D eigenvalue weighted by Gasteiger charge is 2.41. The van der Waals surface area contributed by atoms with Crippen LogP contribution in [0.4, 0.5) is 0 Å². The van der Waals surface area contributed by atoms with E-state index in [1.54, 1.807) is 0 Å². The van der Waals surface area contributed by atoms with Gasteiger partial charge in [0.2, 0.25) is 0 Å². The molecule has 0 bridgehead atoms. The Morgan fingerprint density at radius 2 is 1.28 bits per heavy atom. The maximum Gasteiger partial charge on any atom is 0.167 e. The fraction of sp³-hybridized carbons (Fsp3) is 1.00. The molecule has 0 aromatic carbocycles. The summed E-state index contributed by atoms with van der Waals surface area (Å²) in [5.41, 5.74) is -2.04. The molecular weight excluding hydrogens is 236 g/mol. The normalized spacial score (nSPS) is 15.8. The van der Waals surface area contributed by atoms with Gasteiger partial charge < -0.3 is 25.2 Å². The summed E-state index contributed by atoms with van der Waals surface area (Å²) in [5, 5.41) is 37.6. The zero-order valence-electron chi connectivity index (χ0n) is 12.1. The van der Waals surface area contributed by atoms with E-state index in [0.717, 1.165) is 0 Å². The highest BCUT2D eigenvalue weighted by Crippen LogP contribution is 2.33. The molecule has 110 valence electrons. The Balaban J connectivity index is 4.77. The first-order valence-electron chi connectivity index (χ1n) is 6.20. The summed E-state index contributed by atoms with van der Waals surface area (Å²) in [6, 6.07) is 0. The molecule has 0 aliphatic heterocycles. The number of ether oxygens (including phenoxy) is 1. The zero-order valence-corrected chi connectivity index (χ0v) is 12.1. The van der Waals surface area contributed by atoms with Crippen LogP contribution in [0.1, 0.15) is 41.0 Å². The molecule has 0 spiro atoms. The summed E-state index contributed by atoms with van der Waals surface area (Å²) in [6.45, 7) is 8.19. The average Bonchev–Trinajstić information content (AvgIpc) is 2.16. The lowest BCUT2D eigenvalue weighted by Crippen LogP contribution is -2.50. The molecule has 0 amide bonds. The largest absolute Gasteiger partial charge is 0.395 e. The third kappa shape index (κ3) is 5.20. The van der Waals surface area contributed by atoms with E-state index in [1.807, 2.05) is 13.8 Å². The van der Waals surface area contributed by atoms with Crippen LogP contribution < -0.4 is 0 Å². The second-order valence-electron chi connectivity index (χ2n) is 6.80. The van der Waals surface area contributed by atoms with E-state index in [-0.39, 0.29) is 5.41 Å². The monoisotopic (exact) mass is 264 g/mol. The minimum atomic E-state index is -1.44. The van der Waals surface area contributed by atoms with Gasteiger partial charge in [-0.1, -0.05) is 20.8 Å². The fourth-order valence-electron chi connectivity index (χ4n) is 2.13. The maximum atomic E-state index is 9.99. The van der Waals surface area contributed by atoms with Crippen LogP contribution in [0.15, 0.2) is 0 Å². The third-order valence-corrected chi connectivity index (χ3v) is 2.86. The second-order valence-corrected chi connectivity index (χ2v) is 6.80. The van der Waals surface area contributed by atoms with Gasteiger partial charge in [-0.15, -0.1) is 0 Å². The zero-order chi connectivity index (χ0) is 14.6. The van der Waals surface area contributed by atoms with Crippen molar-refractivity contribution in [3.05, 3.63) is 0 Å². The highest BCUT2D eigenvalue weighted by atomic mass is 16.6.